The largest absolute Gasteiger partial charge is 1.00 e. The molecule has 0 saturated heterocycles. The third-order valence-electron chi connectivity index (χ3n) is 0.990. The molecule has 0 aromatic carbocycles. The molecular formula is C10H20Li2N2. The molecule has 14 heavy (non-hydrogen) atoms. The summed E-state index contributed by atoms with van der Waals surface area (Å²) >= 11 is 0. The summed E-state index contributed by atoms with van der Waals surface area (Å²) in [5.41, 5.74) is 0.00775. The number of nitrogens with zero attached hydrogens (tertiary/aromatic N) is 2. The maximum atomic E-state index is 4.29. The van der Waals surface area contributed by atoms with Crippen molar-refractivity contribution < 1.29 is 37.7 Å². The minimum absolute atomic E-state index is 0. The monoisotopic (exact) mass is 182 g/mol. The maximum Gasteiger partial charge on any atom is 1.00 e. The molecule has 0 saturated carbocycles. The topological polar surface area (TPSA) is 28.2 Å². The predicted octanol–water partition coefficient (Wildman–Crippen LogP) is -2.19. The van der Waals surface area contributed by atoms with Gasteiger partial charge in [0.1, 0.15) is 0 Å². The second-order valence-corrected chi connectivity index (χ2v) is 4.90. The molecule has 0 aromatic rings. The van der Waals surface area contributed by atoms with Gasteiger partial charge in [-0.15, -0.1) is 11.1 Å². The molecule has 2 nitrogen and oxygen atoms in total. The molecule has 0 heterocycles. The predicted molar refractivity (Wildman–Crippen MR) is 55.4 cm³/mol. The van der Waals surface area contributed by atoms with Crippen LogP contribution in [-0.2, 0) is 0 Å². The Hall–Kier alpha value is 0.535. The van der Waals surface area contributed by atoms with E-state index in [1.54, 1.807) is 12.4 Å². The zero-order valence-corrected chi connectivity index (χ0v) is 11.0. The fraction of sp³-hybridized carbons (Fsp3) is 0.800. The van der Waals surface area contributed by atoms with Crippen molar-refractivity contribution in [1.82, 2.24) is 0 Å². The number of hydrogen-bond acceptors (Lipinski definition) is 0. The van der Waals surface area contributed by atoms with Gasteiger partial charge in [0.25, 0.3) is 0 Å². The molecule has 0 spiro atoms. The van der Waals surface area contributed by atoms with Crippen molar-refractivity contribution in [2.24, 2.45) is 0 Å². The Bertz CT molecular complexity index is 136. The van der Waals surface area contributed by atoms with E-state index in [4.69, 9.17) is 0 Å². The smallest absolute Gasteiger partial charge is 0.687 e. The van der Waals surface area contributed by atoms with Crippen LogP contribution in [0.15, 0.2) is 12.4 Å². The van der Waals surface area contributed by atoms with Crippen LogP contribution in [0.25, 0.3) is 10.6 Å². The van der Waals surface area contributed by atoms with E-state index in [0.717, 1.165) is 0 Å². The molecule has 0 aromatic heterocycles. The van der Waals surface area contributed by atoms with Gasteiger partial charge in [-0.3, -0.25) is 0 Å². The van der Waals surface area contributed by atoms with Gasteiger partial charge in [0.2, 0.25) is 0 Å². The van der Waals surface area contributed by atoms with Crippen molar-refractivity contribution in [3.05, 3.63) is 23.0 Å². The molecule has 0 aliphatic rings. The molecule has 0 fully saturated rings. The third kappa shape index (κ3) is 18.3. The van der Waals surface area contributed by atoms with Crippen molar-refractivity contribution >= 4 is 0 Å². The van der Waals surface area contributed by atoms with Gasteiger partial charge < -0.3 is 10.6 Å². The normalized spacial score (nSPS) is 11.6. The van der Waals surface area contributed by atoms with Gasteiger partial charge in [-0.1, -0.05) is 41.5 Å². The Morgan fingerprint density at radius 3 is 1.00 bits per heavy atom. The van der Waals surface area contributed by atoms with E-state index in [1.165, 1.54) is 0 Å². The zero-order chi connectivity index (χ0) is 9.83. The Balaban J connectivity index is -0.000000605. The fourth-order valence-corrected chi connectivity index (χ4v) is 0.514. The average Bonchev–Trinajstić information content (AvgIpc) is 1.76. The van der Waals surface area contributed by atoms with Crippen molar-refractivity contribution in [2.75, 3.05) is 0 Å². The summed E-state index contributed by atoms with van der Waals surface area (Å²) < 4.78 is 0. The van der Waals surface area contributed by atoms with E-state index in [0.29, 0.717) is 0 Å². The van der Waals surface area contributed by atoms with Gasteiger partial charge in [0.05, 0.1) is 0 Å². The summed E-state index contributed by atoms with van der Waals surface area (Å²) in [5.74, 6) is 0. The summed E-state index contributed by atoms with van der Waals surface area (Å²) in [7, 11) is 0. The summed E-state index contributed by atoms with van der Waals surface area (Å²) in [6.07, 6.45) is 3.54. The second kappa shape index (κ2) is 7.78. The molecule has 72 valence electrons. The first kappa shape index (κ1) is 20.0. The molecule has 0 N–H and O–H groups in total. The van der Waals surface area contributed by atoms with Crippen molar-refractivity contribution in [2.45, 2.75) is 52.6 Å². The SMILES string of the molecule is CC(C)(C)[N-]/C=C/[N-]C(C)(C)C.[Li+].[Li+]. The van der Waals surface area contributed by atoms with Gasteiger partial charge in [0.15, 0.2) is 0 Å². The van der Waals surface area contributed by atoms with Crippen LogP contribution in [0, 0.1) is 0 Å². The van der Waals surface area contributed by atoms with Gasteiger partial charge in [-0.05, 0) is 0 Å². The van der Waals surface area contributed by atoms with Gasteiger partial charge in [0, 0.05) is 0 Å². The molecule has 0 unspecified atom stereocenters. The molecule has 0 aliphatic carbocycles. The Morgan fingerprint density at radius 1 is 0.643 bits per heavy atom. The molecular weight excluding hydrogens is 162 g/mol. The standard InChI is InChI=1S/C10H20N2.2Li/c1-9(2,3)11-7-8-12-10(4,5)6;;/h7-8H,1-6H3;;/q-2;2*+1/b8-7+;;. The molecule has 4 heteroatoms. The molecule has 0 atom stereocenters. The van der Waals surface area contributed by atoms with E-state index in [2.05, 4.69) is 52.2 Å². The van der Waals surface area contributed by atoms with Crippen LogP contribution < -0.4 is 37.7 Å². The molecule has 0 rings (SSSR count). The Morgan fingerprint density at radius 2 is 0.857 bits per heavy atom. The average molecular weight is 182 g/mol. The summed E-state index contributed by atoms with van der Waals surface area (Å²) in [6, 6.07) is 0. The third-order valence-corrected chi connectivity index (χ3v) is 0.990. The Kier molecular flexibility index (Phi) is 11.1. The number of hydrogen-bond donors (Lipinski definition) is 0. The molecule has 0 radical (unpaired) electrons. The van der Waals surface area contributed by atoms with Crippen LogP contribution >= 0.6 is 0 Å². The van der Waals surface area contributed by atoms with Gasteiger partial charge in [-0.2, -0.15) is 0 Å². The fourth-order valence-electron chi connectivity index (χ4n) is 0.514. The first-order valence-corrected chi connectivity index (χ1v) is 4.30. The molecule has 0 amide bonds. The number of rotatable bonds is 2. The van der Waals surface area contributed by atoms with Crippen LogP contribution in [0.2, 0.25) is 0 Å². The minimum atomic E-state index is 0. The summed E-state index contributed by atoms with van der Waals surface area (Å²) in [6.45, 7) is 12.4. The first-order chi connectivity index (χ1) is 5.21. The Labute approximate surface area is 113 Å². The zero-order valence-electron chi connectivity index (χ0n) is 11.0. The van der Waals surface area contributed by atoms with Crippen molar-refractivity contribution in [1.29, 1.82) is 0 Å². The van der Waals surface area contributed by atoms with Crippen LogP contribution in [0.4, 0.5) is 0 Å². The van der Waals surface area contributed by atoms with E-state index in [-0.39, 0.29) is 48.8 Å². The van der Waals surface area contributed by atoms with Crippen LogP contribution in [0.3, 0.4) is 0 Å². The van der Waals surface area contributed by atoms with Crippen molar-refractivity contribution in [3.63, 3.8) is 0 Å². The van der Waals surface area contributed by atoms with Crippen molar-refractivity contribution in [3.8, 4) is 0 Å². The maximum absolute atomic E-state index is 4.29. The van der Waals surface area contributed by atoms with Gasteiger partial charge in [-0.25, -0.2) is 12.4 Å². The van der Waals surface area contributed by atoms with E-state index < -0.39 is 0 Å². The first-order valence-electron chi connectivity index (χ1n) is 4.30. The van der Waals surface area contributed by atoms with Gasteiger partial charge >= 0.3 is 37.7 Å². The van der Waals surface area contributed by atoms with Crippen LogP contribution in [-0.4, -0.2) is 11.1 Å². The minimum Gasteiger partial charge on any atom is -0.687 e. The quantitative estimate of drug-likeness (QED) is 0.434. The van der Waals surface area contributed by atoms with Crippen LogP contribution in [0.1, 0.15) is 41.5 Å². The van der Waals surface area contributed by atoms with E-state index in [1.807, 2.05) is 0 Å². The summed E-state index contributed by atoms with van der Waals surface area (Å²) in [4.78, 5) is 0. The molecule has 0 bridgehead atoms. The van der Waals surface area contributed by atoms with Crippen LogP contribution in [0.5, 0.6) is 0 Å². The summed E-state index contributed by atoms with van der Waals surface area (Å²) in [5, 5.41) is 8.57. The van der Waals surface area contributed by atoms with E-state index in [9.17, 15) is 0 Å². The molecule has 0 aliphatic heterocycles. The van der Waals surface area contributed by atoms with E-state index >= 15 is 0 Å². The second-order valence-electron chi connectivity index (χ2n) is 4.90.